The summed E-state index contributed by atoms with van der Waals surface area (Å²) in [6, 6.07) is 8.22. The summed E-state index contributed by atoms with van der Waals surface area (Å²) in [5, 5.41) is 3.40. The van der Waals surface area contributed by atoms with Gasteiger partial charge in [-0.25, -0.2) is 4.21 Å². The highest BCUT2D eigenvalue weighted by Gasteiger charge is 2.19. The van der Waals surface area contributed by atoms with Crippen LogP contribution in [0.5, 0.6) is 0 Å². The van der Waals surface area contributed by atoms with Gasteiger partial charge in [-0.1, -0.05) is 6.42 Å². The largest absolute Gasteiger partial charge is 0.385 e. The van der Waals surface area contributed by atoms with Gasteiger partial charge in [0.05, 0.1) is 0 Å². The van der Waals surface area contributed by atoms with E-state index < -0.39 is 11.0 Å². The molecule has 1 saturated heterocycles. The fourth-order valence-electron chi connectivity index (χ4n) is 2.21. The Labute approximate surface area is 118 Å². The summed E-state index contributed by atoms with van der Waals surface area (Å²) in [4.78, 5) is 0. The molecule has 3 N–H and O–H groups in total. The van der Waals surface area contributed by atoms with Gasteiger partial charge in [0, 0.05) is 30.2 Å². The molecule has 1 aliphatic heterocycles. The number of nitrogens with two attached hydrogens (primary N) is 1. The van der Waals surface area contributed by atoms with Crippen molar-refractivity contribution in [1.82, 2.24) is 0 Å². The van der Waals surface area contributed by atoms with Gasteiger partial charge in [-0.3, -0.25) is 4.31 Å². The average Bonchev–Trinajstić information content (AvgIpc) is 2.86. The number of hydrogen-bond acceptors (Lipinski definition) is 3. The number of nitrogens with zero attached hydrogens (tertiary/aromatic N) is 1. The molecule has 1 heterocycles. The molecule has 1 aliphatic rings. The number of unbranched alkanes of at least 4 members (excludes halogenated alkanes) is 2. The van der Waals surface area contributed by atoms with Crippen LogP contribution in [-0.2, 0) is 11.0 Å². The van der Waals surface area contributed by atoms with E-state index in [4.69, 9.17) is 5.73 Å². The summed E-state index contributed by atoms with van der Waals surface area (Å²) in [7, 11) is -0.826. The first kappa shape index (κ1) is 14.3. The second kappa shape index (κ2) is 7.50. The minimum atomic E-state index is -0.826. The van der Waals surface area contributed by atoms with Gasteiger partial charge in [0.25, 0.3) is 0 Å². The minimum Gasteiger partial charge on any atom is -0.385 e. The lowest BCUT2D eigenvalue weighted by Gasteiger charge is -2.16. The first-order valence-electron chi connectivity index (χ1n) is 7.01. The Morgan fingerprint density at radius 2 is 2.00 bits per heavy atom. The lowest BCUT2D eigenvalue weighted by molar-refractivity contribution is 0.685. The van der Waals surface area contributed by atoms with Crippen molar-refractivity contribution < 1.29 is 4.21 Å². The van der Waals surface area contributed by atoms with Gasteiger partial charge in [0.2, 0.25) is 0 Å². The van der Waals surface area contributed by atoms with Crippen LogP contribution in [0.1, 0.15) is 25.7 Å². The van der Waals surface area contributed by atoms with Crippen LogP contribution in [-0.4, -0.2) is 29.6 Å². The Morgan fingerprint density at radius 1 is 1.21 bits per heavy atom. The molecule has 0 aromatic heterocycles. The molecule has 0 bridgehead atoms. The highest BCUT2D eigenvalue weighted by molar-refractivity contribution is 7.86. The van der Waals surface area contributed by atoms with Crippen LogP contribution in [0.2, 0.25) is 0 Å². The number of benzene rings is 1. The van der Waals surface area contributed by atoms with Gasteiger partial charge in [0.15, 0.2) is 0 Å². The second-order valence-electron chi connectivity index (χ2n) is 4.80. The number of anilines is 2. The van der Waals surface area contributed by atoms with Crippen LogP contribution in [0.25, 0.3) is 0 Å². The third kappa shape index (κ3) is 4.21. The summed E-state index contributed by atoms with van der Waals surface area (Å²) in [5.41, 5.74) is 7.65. The van der Waals surface area contributed by atoms with Crippen molar-refractivity contribution in [1.29, 1.82) is 0 Å². The third-order valence-electron chi connectivity index (χ3n) is 3.29. The molecule has 1 atom stereocenters. The van der Waals surface area contributed by atoms with Gasteiger partial charge >= 0.3 is 0 Å². The molecule has 0 saturated carbocycles. The standard InChI is InChI=1S/C14H23N3OS/c15-9-2-1-3-10-16-13-5-7-14(8-6-13)17-11-4-12-19(17)18/h5-8,16H,1-4,9-12,15H2. The van der Waals surface area contributed by atoms with Crippen LogP contribution >= 0.6 is 0 Å². The van der Waals surface area contributed by atoms with Gasteiger partial charge < -0.3 is 11.1 Å². The zero-order valence-electron chi connectivity index (χ0n) is 11.3. The molecule has 1 unspecified atom stereocenters. The van der Waals surface area contributed by atoms with E-state index in [-0.39, 0.29) is 0 Å². The number of hydrogen-bond donors (Lipinski definition) is 2. The summed E-state index contributed by atoms with van der Waals surface area (Å²) < 4.78 is 13.7. The highest BCUT2D eigenvalue weighted by Crippen LogP contribution is 2.23. The lowest BCUT2D eigenvalue weighted by Crippen LogP contribution is -2.19. The fraction of sp³-hybridized carbons (Fsp3) is 0.571. The zero-order chi connectivity index (χ0) is 13.5. The van der Waals surface area contributed by atoms with E-state index in [1.54, 1.807) is 0 Å². The van der Waals surface area contributed by atoms with E-state index in [2.05, 4.69) is 17.4 Å². The first-order chi connectivity index (χ1) is 9.31. The van der Waals surface area contributed by atoms with E-state index in [0.717, 1.165) is 56.0 Å². The summed E-state index contributed by atoms with van der Waals surface area (Å²) in [6.45, 7) is 2.66. The van der Waals surface area contributed by atoms with Crippen molar-refractivity contribution in [3.8, 4) is 0 Å². The molecule has 0 amide bonds. The van der Waals surface area contributed by atoms with Gasteiger partial charge in [0.1, 0.15) is 11.0 Å². The maximum atomic E-state index is 11.7. The molecular weight excluding hydrogens is 258 g/mol. The zero-order valence-corrected chi connectivity index (χ0v) is 12.1. The summed E-state index contributed by atoms with van der Waals surface area (Å²) >= 11 is 0. The van der Waals surface area contributed by atoms with Crippen LogP contribution in [0, 0.1) is 0 Å². The Morgan fingerprint density at radius 3 is 2.63 bits per heavy atom. The predicted octanol–water partition coefficient (Wildman–Crippen LogP) is 2.10. The number of rotatable bonds is 7. The van der Waals surface area contributed by atoms with Crippen molar-refractivity contribution in [2.75, 3.05) is 35.0 Å². The summed E-state index contributed by atoms with van der Waals surface area (Å²) in [5.74, 6) is 0.793. The van der Waals surface area contributed by atoms with E-state index in [1.165, 1.54) is 6.42 Å². The molecule has 2 rings (SSSR count). The molecule has 0 radical (unpaired) electrons. The van der Waals surface area contributed by atoms with E-state index in [1.807, 2.05) is 16.4 Å². The van der Waals surface area contributed by atoms with E-state index in [0.29, 0.717) is 0 Å². The normalized spacial score (nSPS) is 18.8. The topological polar surface area (TPSA) is 58.4 Å². The second-order valence-corrected chi connectivity index (χ2v) is 6.30. The Kier molecular flexibility index (Phi) is 5.66. The maximum absolute atomic E-state index is 11.7. The molecule has 1 aromatic carbocycles. The minimum absolute atomic E-state index is 0.779. The molecule has 19 heavy (non-hydrogen) atoms. The molecule has 0 aliphatic carbocycles. The van der Waals surface area contributed by atoms with Crippen LogP contribution < -0.4 is 15.4 Å². The van der Waals surface area contributed by atoms with Crippen LogP contribution in [0.3, 0.4) is 0 Å². The van der Waals surface area contributed by atoms with Gasteiger partial charge in [-0.15, -0.1) is 0 Å². The third-order valence-corrected chi connectivity index (χ3v) is 4.81. The number of nitrogens with one attached hydrogen (secondary N) is 1. The first-order valence-corrected chi connectivity index (χ1v) is 8.29. The molecule has 4 nitrogen and oxygen atoms in total. The Hall–Kier alpha value is -1.07. The molecule has 0 spiro atoms. The smallest absolute Gasteiger partial charge is 0.119 e. The van der Waals surface area contributed by atoms with Crippen LogP contribution in [0.4, 0.5) is 11.4 Å². The van der Waals surface area contributed by atoms with Crippen molar-refractivity contribution >= 4 is 22.4 Å². The van der Waals surface area contributed by atoms with Gasteiger partial charge in [-0.05, 0) is 50.1 Å². The molecule has 106 valence electrons. The monoisotopic (exact) mass is 281 g/mol. The quantitative estimate of drug-likeness (QED) is 0.753. The van der Waals surface area contributed by atoms with Crippen molar-refractivity contribution in [3.63, 3.8) is 0 Å². The van der Waals surface area contributed by atoms with Crippen molar-refractivity contribution in [3.05, 3.63) is 24.3 Å². The van der Waals surface area contributed by atoms with E-state index >= 15 is 0 Å². The highest BCUT2D eigenvalue weighted by atomic mass is 32.2. The van der Waals surface area contributed by atoms with Crippen molar-refractivity contribution in [2.24, 2.45) is 5.73 Å². The average molecular weight is 281 g/mol. The fourth-order valence-corrected chi connectivity index (χ4v) is 3.50. The molecule has 1 aromatic rings. The lowest BCUT2D eigenvalue weighted by atomic mass is 10.2. The van der Waals surface area contributed by atoms with Crippen molar-refractivity contribution in [2.45, 2.75) is 25.7 Å². The molecular formula is C14H23N3OS. The SMILES string of the molecule is NCCCCCNc1ccc(N2CCCS2=O)cc1. The van der Waals surface area contributed by atoms with Gasteiger partial charge in [-0.2, -0.15) is 0 Å². The molecule has 5 heteroatoms. The summed E-state index contributed by atoms with van der Waals surface area (Å²) in [6.07, 6.45) is 4.44. The molecule has 1 fully saturated rings. The van der Waals surface area contributed by atoms with Crippen LogP contribution in [0.15, 0.2) is 24.3 Å². The Balaban J connectivity index is 1.79. The Bertz CT molecular complexity index is 408. The maximum Gasteiger partial charge on any atom is 0.119 e. The predicted molar refractivity (Wildman–Crippen MR) is 82.8 cm³/mol. The van der Waals surface area contributed by atoms with E-state index in [9.17, 15) is 4.21 Å².